The Labute approximate surface area is 121 Å². The first kappa shape index (κ1) is 13.5. The van der Waals surface area contributed by atoms with Gasteiger partial charge in [-0.25, -0.2) is 0 Å². The van der Waals surface area contributed by atoms with Crippen molar-refractivity contribution in [2.45, 2.75) is 26.0 Å². The lowest BCUT2D eigenvalue weighted by atomic mass is 10.2. The standard InChI is InChI=1S/C11H13Br2NO2S/c1-6-5-16-7(2)4-14(6)11(15)9-3-8(12)10(13)17-9/h3,6-7H,4-5H2,1-2H3. The number of thiophene rings is 1. The number of halogens is 2. The van der Waals surface area contributed by atoms with Gasteiger partial charge in [0, 0.05) is 11.0 Å². The number of amides is 1. The van der Waals surface area contributed by atoms with E-state index in [4.69, 9.17) is 4.74 Å². The number of ether oxygens (including phenoxy) is 1. The van der Waals surface area contributed by atoms with Crippen LogP contribution in [0.4, 0.5) is 0 Å². The number of morpholine rings is 1. The van der Waals surface area contributed by atoms with E-state index in [9.17, 15) is 4.79 Å². The maximum Gasteiger partial charge on any atom is 0.264 e. The van der Waals surface area contributed by atoms with Gasteiger partial charge in [-0.1, -0.05) is 0 Å². The topological polar surface area (TPSA) is 29.5 Å². The van der Waals surface area contributed by atoms with E-state index < -0.39 is 0 Å². The Hall–Kier alpha value is 0.0900. The van der Waals surface area contributed by atoms with Crippen molar-refractivity contribution < 1.29 is 9.53 Å². The first-order chi connectivity index (χ1) is 7.99. The maximum atomic E-state index is 12.4. The molecule has 94 valence electrons. The molecule has 0 aromatic carbocycles. The third kappa shape index (κ3) is 2.92. The second kappa shape index (κ2) is 5.38. The molecule has 3 nitrogen and oxygen atoms in total. The zero-order valence-electron chi connectivity index (χ0n) is 9.57. The molecule has 0 bridgehead atoms. The van der Waals surface area contributed by atoms with E-state index in [2.05, 4.69) is 31.9 Å². The lowest BCUT2D eigenvalue weighted by Gasteiger charge is -2.36. The Morgan fingerprint density at radius 1 is 1.53 bits per heavy atom. The van der Waals surface area contributed by atoms with Gasteiger partial charge in [0.2, 0.25) is 0 Å². The van der Waals surface area contributed by atoms with E-state index in [1.54, 1.807) is 0 Å². The van der Waals surface area contributed by atoms with E-state index in [-0.39, 0.29) is 18.1 Å². The summed E-state index contributed by atoms with van der Waals surface area (Å²) in [6, 6.07) is 2.00. The van der Waals surface area contributed by atoms with Crippen molar-refractivity contribution in [2.75, 3.05) is 13.2 Å². The second-order valence-corrected chi connectivity index (χ2v) is 7.41. The lowest BCUT2D eigenvalue weighted by Crippen LogP contribution is -2.50. The van der Waals surface area contributed by atoms with Crippen molar-refractivity contribution in [3.05, 3.63) is 19.2 Å². The van der Waals surface area contributed by atoms with Gasteiger partial charge in [-0.3, -0.25) is 4.79 Å². The molecule has 0 saturated carbocycles. The summed E-state index contributed by atoms with van der Waals surface area (Å²) in [4.78, 5) is 15.0. The van der Waals surface area contributed by atoms with Gasteiger partial charge in [0.05, 0.1) is 27.4 Å². The molecule has 6 heteroatoms. The Kier molecular flexibility index (Phi) is 4.28. The van der Waals surface area contributed by atoms with E-state index >= 15 is 0 Å². The number of nitrogens with zero attached hydrogens (tertiary/aromatic N) is 1. The van der Waals surface area contributed by atoms with Gasteiger partial charge in [-0.05, 0) is 51.8 Å². The molecule has 2 heterocycles. The van der Waals surface area contributed by atoms with Crippen molar-refractivity contribution in [2.24, 2.45) is 0 Å². The van der Waals surface area contributed by atoms with E-state index in [1.807, 2.05) is 24.8 Å². The van der Waals surface area contributed by atoms with E-state index in [1.165, 1.54) is 11.3 Å². The molecule has 1 saturated heterocycles. The van der Waals surface area contributed by atoms with Crippen molar-refractivity contribution in [3.63, 3.8) is 0 Å². The summed E-state index contributed by atoms with van der Waals surface area (Å²) in [7, 11) is 0. The number of hydrogen-bond donors (Lipinski definition) is 0. The van der Waals surface area contributed by atoms with Crippen LogP contribution in [0.3, 0.4) is 0 Å². The molecule has 2 rings (SSSR count). The van der Waals surface area contributed by atoms with Crippen LogP contribution in [0.15, 0.2) is 14.3 Å². The molecule has 1 aromatic rings. The quantitative estimate of drug-likeness (QED) is 0.743. The molecule has 0 N–H and O–H groups in total. The summed E-state index contributed by atoms with van der Waals surface area (Å²) in [5, 5.41) is 0. The summed E-state index contributed by atoms with van der Waals surface area (Å²) in [6.07, 6.45) is 0.113. The smallest absolute Gasteiger partial charge is 0.264 e. The van der Waals surface area contributed by atoms with Gasteiger partial charge in [-0.15, -0.1) is 11.3 Å². The largest absolute Gasteiger partial charge is 0.375 e. The van der Waals surface area contributed by atoms with Gasteiger partial charge in [0.15, 0.2) is 0 Å². The summed E-state index contributed by atoms with van der Waals surface area (Å²) in [5.41, 5.74) is 0. The third-order valence-corrected chi connectivity index (χ3v) is 5.97. The van der Waals surface area contributed by atoms with Crippen LogP contribution >= 0.6 is 43.2 Å². The van der Waals surface area contributed by atoms with Gasteiger partial charge in [0.25, 0.3) is 5.91 Å². The number of rotatable bonds is 1. The minimum atomic E-state index is 0.0871. The molecule has 1 aromatic heterocycles. The summed E-state index contributed by atoms with van der Waals surface area (Å²) in [5.74, 6) is 0.0871. The van der Waals surface area contributed by atoms with Crippen LogP contribution in [0, 0.1) is 0 Å². The van der Waals surface area contributed by atoms with Gasteiger partial charge in [0.1, 0.15) is 0 Å². The number of carbonyl (C=O) groups is 1. The van der Waals surface area contributed by atoms with Crippen molar-refractivity contribution in [1.29, 1.82) is 0 Å². The third-order valence-electron chi connectivity index (χ3n) is 2.72. The van der Waals surface area contributed by atoms with Crippen molar-refractivity contribution in [3.8, 4) is 0 Å². The molecule has 1 aliphatic rings. The normalized spacial score (nSPS) is 25.1. The predicted molar refractivity (Wildman–Crippen MR) is 75.6 cm³/mol. The number of hydrogen-bond acceptors (Lipinski definition) is 3. The maximum absolute atomic E-state index is 12.4. The average Bonchev–Trinajstić information content (AvgIpc) is 2.62. The van der Waals surface area contributed by atoms with Gasteiger partial charge >= 0.3 is 0 Å². The molecule has 0 aliphatic carbocycles. The molecule has 2 unspecified atom stereocenters. The molecular weight excluding hydrogens is 370 g/mol. The van der Waals surface area contributed by atoms with Crippen LogP contribution in [0.1, 0.15) is 23.5 Å². The molecule has 1 amide bonds. The zero-order chi connectivity index (χ0) is 12.6. The van der Waals surface area contributed by atoms with E-state index in [0.717, 1.165) is 13.1 Å². The highest BCUT2D eigenvalue weighted by atomic mass is 79.9. The highest BCUT2D eigenvalue weighted by molar-refractivity contribution is 9.13. The lowest BCUT2D eigenvalue weighted by molar-refractivity contribution is -0.0385. The Morgan fingerprint density at radius 2 is 2.24 bits per heavy atom. The van der Waals surface area contributed by atoms with Gasteiger partial charge < -0.3 is 9.64 Å². The summed E-state index contributed by atoms with van der Waals surface area (Å²) in [6.45, 7) is 5.28. The van der Waals surface area contributed by atoms with Gasteiger partial charge in [-0.2, -0.15) is 0 Å². The Morgan fingerprint density at radius 3 is 2.82 bits per heavy atom. The highest BCUT2D eigenvalue weighted by Gasteiger charge is 2.29. The second-order valence-electron chi connectivity index (χ2n) is 4.18. The monoisotopic (exact) mass is 381 g/mol. The van der Waals surface area contributed by atoms with Crippen LogP contribution in [-0.4, -0.2) is 36.1 Å². The first-order valence-corrected chi connectivity index (χ1v) is 7.76. The van der Waals surface area contributed by atoms with Crippen LogP contribution in [0.5, 0.6) is 0 Å². The van der Waals surface area contributed by atoms with E-state index in [0.29, 0.717) is 13.2 Å². The van der Waals surface area contributed by atoms with Crippen molar-refractivity contribution in [1.82, 2.24) is 4.90 Å². The molecule has 2 atom stereocenters. The Balaban J connectivity index is 2.18. The van der Waals surface area contributed by atoms with Crippen LogP contribution in [0.2, 0.25) is 0 Å². The molecule has 1 fully saturated rings. The minimum absolute atomic E-state index is 0.0871. The molecule has 1 aliphatic heterocycles. The molecule has 0 spiro atoms. The number of carbonyl (C=O) groups excluding carboxylic acids is 1. The highest BCUT2D eigenvalue weighted by Crippen LogP contribution is 2.33. The average molecular weight is 383 g/mol. The van der Waals surface area contributed by atoms with Crippen LogP contribution in [0.25, 0.3) is 0 Å². The summed E-state index contributed by atoms with van der Waals surface area (Å²) >= 11 is 8.27. The van der Waals surface area contributed by atoms with Crippen molar-refractivity contribution >= 4 is 49.1 Å². The minimum Gasteiger partial charge on any atom is -0.375 e. The SMILES string of the molecule is CC1CN(C(=O)c2cc(Br)c(Br)s2)C(C)CO1. The molecule has 0 radical (unpaired) electrons. The zero-order valence-corrected chi connectivity index (χ0v) is 13.6. The fourth-order valence-corrected chi connectivity index (χ4v) is 3.77. The van der Waals surface area contributed by atoms with Crippen LogP contribution < -0.4 is 0 Å². The Bertz CT molecular complexity index is 416. The summed E-state index contributed by atoms with van der Waals surface area (Å²) < 4.78 is 7.41. The first-order valence-electron chi connectivity index (χ1n) is 5.36. The van der Waals surface area contributed by atoms with Crippen LogP contribution in [-0.2, 0) is 4.74 Å². The fourth-order valence-electron chi connectivity index (χ4n) is 1.78. The fraction of sp³-hybridized carbons (Fsp3) is 0.545. The molecular formula is C11H13Br2NO2S. The predicted octanol–water partition coefficient (Wildman–Crippen LogP) is 3.52. The molecule has 17 heavy (non-hydrogen) atoms.